The van der Waals surface area contributed by atoms with E-state index in [1.165, 1.54) is 0 Å². The molecule has 1 rings (SSSR count). The number of rotatable bonds is 7. The molecule has 16 heavy (non-hydrogen) atoms. The minimum Gasteiger partial charge on any atom is -0.395 e. The number of hydrogen-bond acceptors (Lipinski definition) is 3. The summed E-state index contributed by atoms with van der Waals surface area (Å²) in [6.45, 7) is 6.65. The fraction of sp³-hybridized carbons (Fsp3) is 0.750. The predicted molar refractivity (Wildman–Crippen MR) is 69.7 cm³/mol. The summed E-state index contributed by atoms with van der Waals surface area (Å²) < 4.78 is 2.07. The molecule has 0 aliphatic rings. The van der Waals surface area contributed by atoms with Crippen LogP contribution in [0.1, 0.15) is 45.3 Å². The number of aliphatic hydroxyl groups is 1. The Morgan fingerprint density at radius 3 is 2.69 bits per heavy atom. The molecule has 0 bridgehead atoms. The van der Waals surface area contributed by atoms with E-state index in [0.29, 0.717) is 11.3 Å². The number of thioether (sulfide) groups is 1. The molecule has 0 radical (unpaired) electrons. The van der Waals surface area contributed by atoms with E-state index in [4.69, 9.17) is 5.11 Å². The van der Waals surface area contributed by atoms with E-state index in [1.54, 1.807) is 11.8 Å². The summed E-state index contributed by atoms with van der Waals surface area (Å²) in [4.78, 5) is 0. The Hall–Kier alpha value is -0.480. The Balaban J connectivity index is 2.51. The lowest BCUT2D eigenvalue weighted by Crippen LogP contribution is -2.08. The zero-order valence-corrected chi connectivity index (χ0v) is 11.2. The van der Waals surface area contributed by atoms with Crippen LogP contribution in [0.4, 0.5) is 0 Å². The van der Waals surface area contributed by atoms with Gasteiger partial charge in [0.05, 0.1) is 18.3 Å². The molecule has 92 valence electrons. The number of hydrogen-bond donors (Lipinski definition) is 1. The minimum absolute atomic E-state index is 0.234. The van der Waals surface area contributed by atoms with E-state index in [-0.39, 0.29) is 6.61 Å². The van der Waals surface area contributed by atoms with Crippen LogP contribution in [0.2, 0.25) is 0 Å². The highest BCUT2D eigenvalue weighted by Gasteiger charge is 2.08. The lowest BCUT2D eigenvalue weighted by atomic mass is 10.2. The third kappa shape index (κ3) is 3.83. The van der Waals surface area contributed by atoms with Gasteiger partial charge in [-0.05, 0) is 18.9 Å². The van der Waals surface area contributed by atoms with Crippen molar-refractivity contribution in [3.63, 3.8) is 0 Å². The largest absolute Gasteiger partial charge is 0.395 e. The fourth-order valence-electron chi connectivity index (χ4n) is 1.60. The van der Waals surface area contributed by atoms with Crippen LogP contribution < -0.4 is 0 Å². The molecular weight excluding hydrogens is 220 g/mol. The second-order valence-corrected chi connectivity index (χ2v) is 5.49. The van der Waals surface area contributed by atoms with Crippen molar-refractivity contribution < 1.29 is 5.11 Å². The SMILES string of the molecule is CCC(CC)n1ccc(CSC(C)CO)n1. The molecule has 1 aromatic rings. The standard InChI is InChI=1S/C12H22N2OS/c1-4-12(5-2)14-7-6-11(13-14)9-16-10(3)8-15/h6-7,10,12,15H,4-5,8-9H2,1-3H3. The molecule has 0 fully saturated rings. The van der Waals surface area contributed by atoms with Crippen molar-refractivity contribution >= 4 is 11.8 Å². The summed E-state index contributed by atoms with van der Waals surface area (Å²) in [5, 5.41) is 13.8. The number of aliphatic hydroxyl groups excluding tert-OH is 1. The first-order chi connectivity index (χ1) is 7.71. The summed E-state index contributed by atoms with van der Waals surface area (Å²) in [6, 6.07) is 2.60. The Bertz CT molecular complexity index is 297. The molecule has 0 aromatic carbocycles. The van der Waals surface area contributed by atoms with E-state index in [1.807, 2.05) is 6.92 Å². The van der Waals surface area contributed by atoms with Gasteiger partial charge < -0.3 is 5.11 Å². The maximum Gasteiger partial charge on any atom is 0.0723 e. The van der Waals surface area contributed by atoms with Crippen LogP contribution in [0, 0.1) is 0 Å². The molecule has 1 aromatic heterocycles. The van der Waals surface area contributed by atoms with E-state index in [9.17, 15) is 0 Å². The zero-order valence-electron chi connectivity index (χ0n) is 10.4. The smallest absolute Gasteiger partial charge is 0.0723 e. The topological polar surface area (TPSA) is 38.0 Å². The molecule has 3 nitrogen and oxygen atoms in total. The van der Waals surface area contributed by atoms with Crippen molar-refractivity contribution in [3.05, 3.63) is 18.0 Å². The van der Waals surface area contributed by atoms with Crippen LogP contribution in [-0.4, -0.2) is 26.7 Å². The average molecular weight is 242 g/mol. The molecule has 0 saturated carbocycles. The highest BCUT2D eigenvalue weighted by atomic mass is 32.2. The Morgan fingerprint density at radius 2 is 2.12 bits per heavy atom. The predicted octanol–water partition coefficient (Wildman–Crippen LogP) is 2.86. The summed E-state index contributed by atoms with van der Waals surface area (Å²) in [5.41, 5.74) is 1.11. The van der Waals surface area contributed by atoms with Gasteiger partial charge in [0.15, 0.2) is 0 Å². The van der Waals surface area contributed by atoms with Crippen molar-refractivity contribution in [2.75, 3.05) is 6.61 Å². The second kappa shape index (κ2) is 6.97. The molecule has 0 spiro atoms. The maximum atomic E-state index is 8.94. The van der Waals surface area contributed by atoms with Crippen LogP contribution in [0.25, 0.3) is 0 Å². The molecule has 0 aliphatic carbocycles. The van der Waals surface area contributed by atoms with Gasteiger partial charge in [-0.25, -0.2) is 0 Å². The van der Waals surface area contributed by atoms with Gasteiger partial charge in [0.25, 0.3) is 0 Å². The number of nitrogens with zero attached hydrogens (tertiary/aromatic N) is 2. The fourth-order valence-corrected chi connectivity index (χ4v) is 2.32. The van der Waals surface area contributed by atoms with Crippen LogP contribution >= 0.6 is 11.8 Å². The van der Waals surface area contributed by atoms with Crippen LogP contribution in [0.3, 0.4) is 0 Å². The van der Waals surface area contributed by atoms with Crippen molar-refractivity contribution in [2.24, 2.45) is 0 Å². The molecule has 1 atom stereocenters. The Kier molecular flexibility index (Phi) is 5.91. The van der Waals surface area contributed by atoms with Crippen molar-refractivity contribution in [2.45, 2.75) is 50.7 Å². The first kappa shape index (κ1) is 13.6. The molecule has 1 heterocycles. The van der Waals surface area contributed by atoms with Gasteiger partial charge in [-0.2, -0.15) is 5.10 Å². The van der Waals surface area contributed by atoms with Gasteiger partial charge >= 0.3 is 0 Å². The highest BCUT2D eigenvalue weighted by Crippen LogP contribution is 2.19. The molecule has 1 N–H and O–H groups in total. The Morgan fingerprint density at radius 1 is 1.44 bits per heavy atom. The van der Waals surface area contributed by atoms with E-state index < -0.39 is 0 Å². The second-order valence-electron chi connectivity index (χ2n) is 4.06. The minimum atomic E-state index is 0.234. The lowest BCUT2D eigenvalue weighted by molar-refractivity contribution is 0.300. The highest BCUT2D eigenvalue weighted by molar-refractivity contribution is 7.99. The zero-order chi connectivity index (χ0) is 12.0. The van der Waals surface area contributed by atoms with E-state index in [2.05, 4.69) is 35.9 Å². The Labute approximate surface area is 102 Å². The third-order valence-corrected chi connectivity index (χ3v) is 3.93. The summed E-state index contributed by atoms with van der Waals surface area (Å²) in [5.74, 6) is 0.884. The molecule has 4 heteroatoms. The van der Waals surface area contributed by atoms with Gasteiger partial charge in [0, 0.05) is 17.2 Å². The molecule has 0 aliphatic heterocycles. The van der Waals surface area contributed by atoms with Gasteiger partial charge in [-0.3, -0.25) is 4.68 Å². The molecule has 0 saturated heterocycles. The third-order valence-electron chi connectivity index (χ3n) is 2.75. The normalized spacial score (nSPS) is 13.3. The average Bonchev–Trinajstić information content (AvgIpc) is 2.76. The van der Waals surface area contributed by atoms with Crippen molar-refractivity contribution in [1.82, 2.24) is 9.78 Å². The van der Waals surface area contributed by atoms with Crippen LogP contribution in [0.15, 0.2) is 12.3 Å². The summed E-state index contributed by atoms with van der Waals surface area (Å²) >= 11 is 1.74. The van der Waals surface area contributed by atoms with Crippen LogP contribution in [-0.2, 0) is 5.75 Å². The molecule has 0 amide bonds. The first-order valence-corrected chi connectivity index (χ1v) is 7.02. The number of aromatic nitrogens is 2. The lowest BCUT2D eigenvalue weighted by Gasteiger charge is -2.12. The van der Waals surface area contributed by atoms with Crippen molar-refractivity contribution in [1.29, 1.82) is 0 Å². The molecule has 1 unspecified atom stereocenters. The van der Waals surface area contributed by atoms with E-state index in [0.717, 1.165) is 24.3 Å². The first-order valence-electron chi connectivity index (χ1n) is 5.97. The van der Waals surface area contributed by atoms with Gasteiger partial charge in [0.1, 0.15) is 0 Å². The van der Waals surface area contributed by atoms with Gasteiger partial charge in [-0.1, -0.05) is 20.8 Å². The van der Waals surface area contributed by atoms with Gasteiger partial charge in [0.2, 0.25) is 0 Å². The van der Waals surface area contributed by atoms with Crippen LogP contribution in [0.5, 0.6) is 0 Å². The van der Waals surface area contributed by atoms with E-state index >= 15 is 0 Å². The maximum absolute atomic E-state index is 8.94. The van der Waals surface area contributed by atoms with Crippen molar-refractivity contribution in [3.8, 4) is 0 Å². The summed E-state index contributed by atoms with van der Waals surface area (Å²) in [7, 11) is 0. The quantitative estimate of drug-likeness (QED) is 0.799. The monoisotopic (exact) mass is 242 g/mol. The summed E-state index contributed by atoms with van der Waals surface area (Å²) in [6.07, 6.45) is 4.31. The van der Waals surface area contributed by atoms with Gasteiger partial charge in [-0.15, -0.1) is 11.8 Å². The molecular formula is C12H22N2OS.